The molecule has 3 heteroatoms. The molecule has 3 rings (SSSR count). The summed E-state index contributed by atoms with van der Waals surface area (Å²) in [6, 6.07) is 5.18. The van der Waals surface area contributed by atoms with Crippen LogP contribution in [0.4, 0.5) is 4.39 Å². The average Bonchev–Trinajstić information content (AvgIpc) is 2.45. The summed E-state index contributed by atoms with van der Waals surface area (Å²) >= 11 is 0. The fourth-order valence-corrected chi connectivity index (χ4v) is 4.03. The maximum absolute atomic E-state index is 13.6. The van der Waals surface area contributed by atoms with Crippen molar-refractivity contribution in [1.82, 2.24) is 5.32 Å². The predicted molar refractivity (Wildman–Crippen MR) is 83.0 cm³/mol. The number of hydrogen-bond donors (Lipinski definition) is 1. The predicted octanol–water partition coefficient (Wildman–Crippen LogP) is 4.60. The number of benzene rings is 1. The third-order valence-electron chi connectivity index (χ3n) is 4.94. The minimum absolute atomic E-state index is 0.0477. The van der Waals surface area contributed by atoms with Gasteiger partial charge in [0.15, 0.2) is 0 Å². The second-order valence-electron chi connectivity index (χ2n) is 6.88. The van der Waals surface area contributed by atoms with Crippen LogP contribution >= 0.6 is 0 Å². The largest absolute Gasteiger partial charge is 0.487 e. The smallest absolute Gasteiger partial charge is 0.125 e. The van der Waals surface area contributed by atoms with E-state index in [1.54, 1.807) is 6.07 Å². The highest BCUT2D eigenvalue weighted by Crippen LogP contribution is 2.47. The van der Waals surface area contributed by atoms with Crippen molar-refractivity contribution in [3.63, 3.8) is 0 Å². The summed E-state index contributed by atoms with van der Waals surface area (Å²) in [5, 5.41) is 3.59. The number of nitrogens with one attached hydrogen (secondary N) is 1. The van der Waals surface area contributed by atoms with Crippen LogP contribution in [0.25, 0.3) is 0 Å². The molecule has 116 valence electrons. The van der Waals surface area contributed by atoms with Gasteiger partial charge in [0.25, 0.3) is 0 Å². The van der Waals surface area contributed by atoms with Crippen LogP contribution in [0.2, 0.25) is 0 Å². The lowest BCUT2D eigenvalue weighted by Crippen LogP contribution is -2.47. The molecule has 1 N–H and O–H groups in total. The van der Waals surface area contributed by atoms with Gasteiger partial charge in [0, 0.05) is 18.0 Å². The molecule has 1 aliphatic carbocycles. The van der Waals surface area contributed by atoms with Crippen molar-refractivity contribution in [3.8, 4) is 5.75 Å². The van der Waals surface area contributed by atoms with Gasteiger partial charge in [-0.3, -0.25) is 0 Å². The highest BCUT2D eigenvalue weighted by atomic mass is 19.1. The zero-order chi connectivity index (χ0) is 14.9. The molecule has 2 aliphatic rings. The first-order valence-corrected chi connectivity index (χ1v) is 8.34. The fourth-order valence-electron chi connectivity index (χ4n) is 4.03. The summed E-state index contributed by atoms with van der Waals surface area (Å²) in [5.74, 6) is 1.42. The van der Waals surface area contributed by atoms with E-state index >= 15 is 0 Å². The Morgan fingerprint density at radius 3 is 3.00 bits per heavy atom. The van der Waals surface area contributed by atoms with Crippen molar-refractivity contribution in [2.75, 3.05) is 6.54 Å². The quantitative estimate of drug-likeness (QED) is 0.879. The van der Waals surface area contributed by atoms with E-state index in [0.717, 1.165) is 43.5 Å². The molecule has 0 aromatic heterocycles. The normalized spacial score (nSPS) is 31.8. The van der Waals surface area contributed by atoms with Crippen LogP contribution in [0.1, 0.15) is 64.0 Å². The monoisotopic (exact) mass is 291 g/mol. The molecule has 0 saturated heterocycles. The molecule has 1 heterocycles. The molecule has 2 nitrogen and oxygen atoms in total. The third kappa shape index (κ3) is 3.08. The maximum Gasteiger partial charge on any atom is 0.125 e. The molecule has 1 aliphatic heterocycles. The van der Waals surface area contributed by atoms with Gasteiger partial charge < -0.3 is 10.1 Å². The Labute approximate surface area is 127 Å². The number of ether oxygens (including phenoxy) is 1. The van der Waals surface area contributed by atoms with E-state index in [4.69, 9.17) is 4.74 Å². The zero-order valence-electron chi connectivity index (χ0n) is 13.1. The molecule has 1 spiro atoms. The second kappa shape index (κ2) is 5.96. The molecular formula is C18H26FNO. The van der Waals surface area contributed by atoms with Crippen LogP contribution in [0.3, 0.4) is 0 Å². The lowest BCUT2D eigenvalue weighted by atomic mass is 9.73. The highest BCUT2D eigenvalue weighted by molar-refractivity contribution is 5.39. The summed E-state index contributed by atoms with van der Waals surface area (Å²) in [7, 11) is 0. The van der Waals surface area contributed by atoms with Crippen molar-refractivity contribution >= 4 is 0 Å². The lowest BCUT2D eigenvalue weighted by Gasteiger charge is -2.46. The van der Waals surface area contributed by atoms with Gasteiger partial charge in [-0.25, -0.2) is 4.39 Å². The summed E-state index contributed by atoms with van der Waals surface area (Å²) in [6.07, 6.45) is 6.83. The van der Waals surface area contributed by atoms with Gasteiger partial charge in [0.1, 0.15) is 17.2 Å². The first kappa shape index (κ1) is 14.8. The van der Waals surface area contributed by atoms with Gasteiger partial charge in [-0.1, -0.05) is 20.3 Å². The molecule has 3 atom stereocenters. The van der Waals surface area contributed by atoms with E-state index in [0.29, 0.717) is 5.92 Å². The topological polar surface area (TPSA) is 21.3 Å². The molecule has 1 aromatic carbocycles. The Bertz CT molecular complexity index is 504. The van der Waals surface area contributed by atoms with Crippen LogP contribution in [0.15, 0.2) is 18.2 Å². The van der Waals surface area contributed by atoms with Crippen LogP contribution in [0, 0.1) is 11.7 Å². The molecule has 0 radical (unpaired) electrons. The number of hydrogen-bond acceptors (Lipinski definition) is 2. The zero-order valence-corrected chi connectivity index (χ0v) is 13.1. The number of halogens is 1. The first-order valence-electron chi connectivity index (χ1n) is 8.34. The lowest BCUT2D eigenvalue weighted by molar-refractivity contribution is -0.0181. The summed E-state index contributed by atoms with van der Waals surface area (Å²) in [6.45, 7) is 5.45. The van der Waals surface area contributed by atoms with Crippen molar-refractivity contribution in [3.05, 3.63) is 29.6 Å². The minimum Gasteiger partial charge on any atom is -0.487 e. The Balaban J connectivity index is 1.90. The van der Waals surface area contributed by atoms with Gasteiger partial charge >= 0.3 is 0 Å². The standard InChI is InChI=1S/C18H26FNO/c1-3-9-20-16-12-18(8-4-5-13(2)11-18)21-17-7-6-14(19)10-15(16)17/h6-7,10,13,16,20H,3-5,8-9,11-12H2,1-2H3. The Morgan fingerprint density at radius 2 is 2.24 bits per heavy atom. The van der Waals surface area contributed by atoms with E-state index in [2.05, 4.69) is 19.2 Å². The average molecular weight is 291 g/mol. The maximum atomic E-state index is 13.6. The highest BCUT2D eigenvalue weighted by Gasteiger charge is 2.43. The van der Waals surface area contributed by atoms with Crippen molar-refractivity contribution in [1.29, 1.82) is 0 Å². The number of fused-ring (bicyclic) bond motifs is 1. The SMILES string of the molecule is CCCNC1CC2(CCCC(C)C2)Oc2ccc(F)cc21. The minimum atomic E-state index is -0.173. The van der Waals surface area contributed by atoms with Crippen LogP contribution in [-0.2, 0) is 0 Å². The van der Waals surface area contributed by atoms with E-state index in [9.17, 15) is 4.39 Å². The van der Waals surface area contributed by atoms with Gasteiger partial charge in [0.2, 0.25) is 0 Å². The van der Waals surface area contributed by atoms with E-state index in [1.165, 1.54) is 18.9 Å². The van der Waals surface area contributed by atoms with Gasteiger partial charge in [-0.15, -0.1) is 0 Å². The molecule has 0 bridgehead atoms. The van der Waals surface area contributed by atoms with E-state index in [-0.39, 0.29) is 17.5 Å². The van der Waals surface area contributed by atoms with E-state index in [1.807, 2.05) is 6.07 Å². The molecule has 1 fully saturated rings. The molecule has 1 aromatic rings. The first-order chi connectivity index (χ1) is 10.1. The summed E-state index contributed by atoms with van der Waals surface area (Å²) < 4.78 is 20.0. The Kier molecular flexibility index (Phi) is 4.21. The van der Waals surface area contributed by atoms with Crippen molar-refractivity contribution in [2.45, 2.75) is 64.0 Å². The van der Waals surface area contributed by atoms with Crippen molar-refractivity contribution in [2.24, 2.45) is 5.92 Å². The van der Waals surface area contributed by atoms with Crippen LogP contribution < -0.4 is 10.1 Å². The Hall–Kier alpha value is -1.09. The molecule has 3 unspecified atom stereocenters. The summed E-state index contributed by atoms with van der Waals surface area (Å²) in [4.78, 5) is 0. The molecule has 0 amide bonds. The third-order valence-corrected chi connectivity index (χ3v) is 4.94. The van der Waals surface area contributed by atoms with Crippen molar-refractivity contribution < 1.29 is 9.13 Å². The number of rotatable bonds is 3. The molecular weight excluding hydrogens is 265 g/mol. The van der Waals surface area contributed by atoms with Gasteiger partial charge in [0.05, 0.1) is 0 Å². The Morgan fingerprint density at radius 1 is 1.38 bits per heavy atom. The van der Waals surface area contributed by atoms with Gasteiger partial charge in [-0.2, -0.15) is 0 Å². The second-order valence-corrected chi connectivity index (χ2v) is 6.88. The summed E-state index contributed by atoms with van der Waals surface area (Å²) in [5.41, 5.74) is 0.945. The molecule has 1 saturated carbocycles. The fraction of sp³-hybridized carbons (Fsp3) is 0.667. The van der Waals surface area contributed by atoms with E-state index < -0.39 is 0 Å². The molecule has 21 heavy (non-hydrogen) atoms. The van der Waals surface area contributed by atoms with Crippen LogP contribution in [-0.4, -0.2) is 12.1 Å². The van der Waals surface area contributed by atoms with Gasteiger partial charge in [-0.05, 0) is 56.3 Å². The van der Waals surface area contributed by atoms with Crippen LogP contribution in [0.5, 0.6) is 5.75 Å².